The highest BCUT2D eigenvalue weighted by molar-refractivity contribution is 5.62. The summed E-state index contributed by atoms with van der Waals surface area (Å²) in [5, 5.41) is 12.4. The van der Waals surface area contributed by atoms with Gasteiger partial charge in [-0.2, -0.15) is 0 Å². The Kier molecular flexibility index (Phi) is 1.41. The summed E-state index contributed by atoms with van der Waals surface area (Å²) in [5.74, 6) is 0.417. The summed E-state index contributed by atoms with van der Waals surface area (Å²) in [6, 6.07) is 4.53. The summed E-state index contributed by atoms with van der Waals surface area (Å²) in [7, 11) is 0. The van der Waals surface area contributed by atoms with Crippen LogP contribution in [-0.2, 0) is 12.8 Å². The van der Waals surface area contributed by atoms with E-state index in [1.807, 2.05) is 0 Å². The molecule has 2 aliphatic rings. The van der Waals surface area contributed by atoms with Crippen LogP contribution in [0.15, 0.2) is 12.1 Å². The highest BCUT2D eigenvalue weighted by atomic mass is 16.3. The zero-order valence-corrected chi connectivity index (χ0v) is 7.51. The van der Waals surface area contributed by atoms with Crippen LogP contribution in [0.2, 0.25) is 0 Å². The predicted molar refractivity (Wildman–Crippen MR) is 52.2 cm³/mol. The van der Waals surface area contributed by atoms with Gasteiger partial charge in [-0.05, 0) is 35.6 Å². The van der Waals surface area contributed by atoms with Gasteiger partial charge in [0.15, 0.2) is 0 Å². The lowest BCUT2D eigenvalue weighted by Gasteiger charge is -2.29. The van der Waals surface area contributed by atoms with E-state index in [0.717, 1.165) is 19.4 Å². The quantitative estimate of drug-likeness (QED) is 0.674. The Morgan fingerprint density at radius 2 is 2.31 bits per heavy atom. The van der Waals surface area contributed by atoms with Crippen LogP contribution < -0.4 is 5.32 Å². The van der Waals surface area contributed by atoms with Gasteiger partial charge in [-0.1, -0.05) is 6.07 Å². The van der Waals surface area contributed by atoms with Crippen molar-refractivity contribution in [1.82, 2.24) is 0 Å². The molecular weight excluding hydrogens is 162 g/mol. The number of anilines is 1. The van der Waals surface area contributed by atoms with Crippen molar-refractivity contribution < 1.29 is 5.11 Å². The van der Waals surface area contributed by atoms with E-state index in [1.165, 1.54) is 22.4 Å². The summed E-state index contributed by atoms with van der Waals surface area (Å²) in [6.07, 6.45) is 2.20. The normalized spacial score (nSPS) is 23.0. The Morgan fingerprint density at radius 3 is 3.15 bits per heavy atom. The van der Waals surface area contributed by atoms with Gasteiger partial charge in [0.2, 0.25) is 0 Å². The smallest absolute Gasteiger partial charge is 0.0503 e. The van der Waals surface area contributed by atoms with Crippen LogP contribution in [0.3, 0.4) is 0 Å². The van der Waals surface area contributed by atoms with Crippen LogP contribution >= 0.6 is 0 Å². The van der Waals surface area contributed by atoms with E-state index in [-0.39, 0.29) is 0 Å². The molecule has 2 nitrogen and oxygen atoms in total. The maximum absolute atomic E-state index is 9.07. The van der Waals surface area contributed by atoms with Crippen molar-refractivity contribution in [2.75, 3.05) is 18.5 Å². The van der Waals surface area contributed by atoms with Gasteiger partial charge in [-0.15, -0.1) is 0 Å². The molecule has 1 aromatic carbocycles. The molecule has 2 N–H and O–H groups in total. The Morgan fingerprint density at radius 1 is 1.38 bits per heavy atom. The third kappa shape index (κ3) is 0.923. The standard InChI is InChI=1S/C11H13NO/c13-6-9-3-8-5-11-7(1-2-12-11)4-10(8)9/h4-5,9,12-13H,1-3,6H2. The second-order valence-electron chi connectivity index (χ2n) is 3.97. The van der Waals surface area contributed by atoms with Gasteiger partial charge in [-0.3, -0.25) is 0 Å². The first-order valence-electron chi connectivity index (χ1n) is 4.89. The molecule has 0 fully saturated rings. The van der Waals surface area contributed by atoms with Crippen LogP contribution in [-0.4, -0.2) is 18.3 Å². The fourth-order valence-electron chi connectivity index (χ4n) is 2.38. The van der Waals surface area contributed by atoms with Crippen molar-refractivity contribution in [3.05, 3.63) is 28.8 Å². The van der Waals surface area contributed by atoms with Crippen LogP contribution in [0, 0.1) is 0 Å². The zero-order valence-electron chi connectivity index (χ0n) is 7.51. The molecule has 1 heterocycles. The molecule has 0 saturated carbocycles. The summed E-state index contributed by atoms with van der Waals surface area (Å²) >= 11 is 0. The largest absolute Gasteiger partial charge is 0.396 e. The van der Waals surface area contributed by atoms with Gasteiger partial charge in [0, 0.05) is 18.2 Å². The van der Waals surface area contributed by atoms with Crippen molar-refractivity contribution in [1.29, 1.82) is 0 Å². The number of hydrogen-bond acceptors (Lipinski definition) is 2. The van der Waals surface area contributed by atoms with Crippen molar-refractivity contribution in [3.8, 4) is 0 Å². The second kappa shape index (κ2) is 2.48. The van der Waals surface area contributed by atoms with Crippen molar-refractivity contribution in [2.45, 2.75) is 18.8 Å². The highest BCUT2D eigenvalue weighted by Gasteiger charge is 2.27. The highest BCUT2D eigenvalue weighted by Crippen LogP contribution is 2.39. The summed E-state index contributed by atoms with van der Waals surface area (Å²) in [4.78, 5) is 0. The van der Waals surface area contributed by atoms with Gasteiger partial charge < -0.3 is 10.4 Å². The molecule has 1 aliphatic carbocycles. The minimum atomic E-state index is 0.305. The summed E-state index contributed by atoms with van der Waals surface area (Å²) < 4.78 is 0. The first-order chi connectivity index (χ1) is 6.38. The number of aliphatic hydroxyl groups is 1. The fourth-order valence-corrected chi connectivity index (χ4v) is 2.38. The third-order valence-electron chi connectivity index (χ3n) is 3.20. The molecular formula is C11H13NO. The maximum atomic E-state index is 9.07. The Bertz CT molecular complexity index is 359. The molecule has 1 aromatic rings. The van der Waals surface area contributed by atoms with E-state index < -0.39 is 0 Å². The van der Waals surface area contributed by atoms with Gasteiger partial charge in [0.25, 0.3) is 0 Å². The molecule has 68 valence electrons. The lowest BCUT2D eigenvalue weighted by atomic mass is 9.77. The average molecular weight is 175 g/mol. The van der Waals surface area contributed by atoms with Crippen LogP contribution in [0.1, 0.15) is 22.6 Å². The molecule has 0 saturated heterocycles. The number of hydrogen-bond donors (Lipinski definition) is 2. The van der Waals surface area contributed by atoms with E-state index in [2.05, 4.69) is 17.4 Å². The predicted octanol–water partition coefficient (Wildman–Crippen LogP) is 1.29. The topological polar surface area (TPSA) is 32.3 Å². The molecule has 0 radical (unpaired) electrons. The number of nitrogens with one attached hydrogen (secondary N) is 1. The Hall–Kier alpha value is -1.02. The minimum absolute atomic E-state index is 0.305. The minimum Gasteiger partial charge on any atom is -0.396 e. The lowest BCUT2D eigenvalue weighted by Crippen LogP contribution is -2.20. The molecule has 0 aromatic heterocycles. The number of fused-ring (bicyclic) bond motifs is 2. The van der Waals surface area contributed by atoms with E-state index >= 15 is 0 Å². The monoisotopic (exact) mass is 175 g/mol. The number of rotatable bonds is 1. The molecule has 0 amide bonds. The van der Waals surface area contributed by atoms with Crippen LogP contribution in [0.4, 0.5) is 5.69 Å². The van der Waals surface area contributed by atoms with Crippen LogP contribution in [0.25, 0.3) is 0 Å². The van der Waals surface area contributed by atoms with Gasteiger partial charge in [0.05, 0.1) is 6.61 Å². The maximum Gasteiger partial charge on any atom is 0.0503 e. The van der Waals surface area contributed by atoms with Gasteiger partial charge in [-0.25, -0.2) is 0 Å². The molecule has 1 aliphatic heterocycles. The number of aliphatic hydroxyl groups excluding tert-OH is 1. The molecule has 3 rings (SSSR count). The molecule has 0 bridgehead atoms. The van der Waals surface area contributed by atoms with Crippen molar-refractivity contribution in [3.63, 3.8) is 0 Å². The lowest BCUT2D eigenvalue weighted by molar-refractivity contribution is 0.253. The number of benzene rings is 1. The zero-order chi connectivity index (χ0) is 8.84. The fraction of sp³-hybridized carbons (Fsp3) is 0.455. The Labute approximate surface area is 77.6 Å². The van der Waals surface area contributed by atoms with E-state index in [0.29, 0.717) is 12.5 Å². The SMILES string of the molecule is OCC1Cc2cc3c(cc21)CCN3. The molecule has 1 unspecified atom stereocenters. The van der Waals surface area contributed by atoms with E-state index in [4.69, 9.17) is 5.11 Å². The van der Waals surface area contributed by atoms with Crippen molar-refractivity contribution >= 4 is 5.69 Å². The molecule has 1 atom stereocenters. The molecule has 0 spiro atoms. The van der Waals surface area contributed by atoms with Gasteiger partial charge in [0.1, 0.15) is 0 Å². The summed E-state index contributed by atoms with van der Waals surface area (Å²) in [5.41, 5.74) is 5.55. The van der Waals surface area contributed by atoms with E-state index in [1.54, 1.807) is 0 Å². The van der Waals surface area contributed by atoms with Gasteiger partial charge >= 0.3 is 0 Å². The second-order valence-corrected chi connectivity index (χ2v) is 3.97. The van der Waals surface area contributed by atoms with E-state index in [9.17, 15) is 0 Å². The first kappa shape index (κ1) is 7.39. The summed E-state index contributed by atoms with van der Waals surface area (Å²) in [6.45, 7) is 1.38. The Balaban J connectivity index is 2.06. The molecule has 13 heavy (non-hydrogen) atoms. The average Bonchev–Trinajstić information content (AvgIpc) is 2.55. The van der Waals surface area contributed by atoms with Crippen LogP contribution in [0.5, 0.6) is 0 Å². The van der Waals surface area contributed by atoms with Crippen molar-refractivity contribution in [2.24, 2.45) is 0 Å². The molecule has 2 heteroatoms. The first-order valence-corrected chi connectivity index (χ1v) is 4.89. The third-order valence-corrected chi connectivity index (χ3v) is 3.20.